The Balaban J connectivity index is 1.19. The summed E-state index contributed by atoms with van der Waals surface area (Å²) in [6.07, 6.45) is 3.50. The first-order valence-electron chi connectivity index (χ1n) is 11.7. The van der Waals surface area contributed by atoms with E-state index in [9.17, 15) is 13.2 Å². The lowest BCUT2D eigenvalue weighted by Gasteiger charge is -2.38. The third-order valence-corrected chi connectivity index (χ3v) is 8.66. The highest BCUT2D eigenvalue weighted by Crippen LogP contribution is 2.26. The maximum atomic E-state index is 13.2. The van der Waals surface area contributed by atoms with Gasteiger partial charge in [0.2, 0.25) is 10.0 Å². The van der Waals surface area contributed by atoms with Crippen LogP contribution in [0.1, 0.15) is 18.5 Å². The van der Waals surface area contributed by atoms with Gasteiger partial charge < -0.3 is 4.90 Å². The molecule has 0 aliphatic carbocycles. The lowest BCUT2D eigenvalue weighted by Crippen LogP contribution is -2.57. The molecule has 2 fully saturated rings. The Bertz CT molecular complexity index is 1360. The number of carbonyl (C=O) groups excluding carboxylic acids is 1. The van der Waals surface area contributed by atoms with E-state index in [0.29, 0.717) is 5.02 Å². The molecule has 0 atom stereocenters. The fraction of sp³-hybridized carbons (Fsp3) is 0.360. The normalized spacial score (nSPS) is 18.4. The number of rotatable bonds is 5. The molecule has 3 aromatic rings. The van der Waals surface area contributed by atoms with E-state index in [0.717, 1.165) is 48.1 Å². The van der Waals surface area contributed by atoms with Crippen molar-refractivity contribution in [2.24, 2.45) is 0 Å². The minimum atomic E-state index is -3.80. The lowest BCUT2D eigenvalue weighted by molar-refractivity contribution is -0.139. The predicted molar refractivity (Wildman–Crippen MR) is 136 cm³/mol. The van der Waals surface area contributed by atoms with E-state index in [1.54, 1.807) is 36.4 Å². The molecule has 3 heterocycles. The first kappa shape index (κ1) is 24.0. The minimum absolute atomic E-state index is 0.0496. The van der Waals surface area contributed by atoms with Crippen LogP contribution < -0.4 is 10.3 Å². The van der Waals surface area contributed by atoms with E-state index >= 15 is 0 Å². The summed E-state index contributed by atoms with van der Waals surface area (Å²) in [6.45, 7) is 3.95. The monoisotopic (exact) mass is 512 g/mol. The highest BCUT2D eigenvalue weighted by Gasteiger charge is 2.35. The SMILES string of the molecule is Cc1cc(N2CCC([N]N3CCN(S(=O)(=O)c4ccc5cc(Cl)ccc5c4)CC3=O)CC2)ccn1. The number of aromatic nitrogens is 1. The summed E-state index contributed by atoms with van der Waals surface area (Å²) in [5, 5.41) is 3.70. The summed E-state index contributed by atoms with van der Waals surface area (Å²) in [5.74, 6) is -0.292. The molecule has 1 radical (unpaired) electrons. The summed E-state index contributed by atoms with van der Waals surface area (Å²) in [5.41, 5.74) is 6.81. The molecule has 0 unspecified atom stereocenters. The molecule has 0 spiro atoms. The number of anilines is 1. The molecule has 2 aromatic carbocycles. The van der Waals surface area contributed by atoms with Crippen LogP contribution in [-0.2, 0) is 14.8 Å². The van der Waals surface area contributed by atoms with Crippen LogP contribution in [0.5, 0.6) is 0 Å². The molecular weight excluding hydrogens is 486 g/mol. The van der Waals surface area contributed by atoms with E-state index in [4.69, 9.17) is 11.6 Å². The molecule has 2 saturated heterocycles. The van der Waals surface area contributed by atoms with Gasteiger partial charge in [-0.1, -0.05) is 23.7 Å². The maximum Gasteiger partial charge on any atom is 0.253 e. The number of amides is 1. The summed E-state index contributed by atoms with van der Waals surface area (Å²) < 4.78 is 27.7. The van der Waals surface area contributed by atoms with Gasteiger partial charge in [-0.15, -0.1) is 5.43 Å². The highest BCUT2D eigenvalue weighted by atomic mass is 35.5. The molecule has 2 aliphatic rings. The van der Waals surface area contributed by atoms with E-state index in [2.05, 4.69) is 21.4 Å². The van der Waals surface area contributed by atoms with Gasteiger partial charge in [0.05, 0.1) is 24.0 Å². The zero-order valence-corrected chi connectivity index (χ0v) is 21.0. The van der Waals surface area contributed by atoms with Gasteiger partial charge in [0.25, 0.3) is 5.91 Å². The number of hydrogen-bond acceptors (Lipinski definition) is 5. The van der Waals surface area contributed by atoms with Crippen molar-refractivity contribution in [1.82, 2.24) is 19.7 Å². The van der Waals surface area contributed by atoms with Crippen molar-refractivity contribution in [1.29, 1.82) is 0 Å². The zero-order chi connectivity index (χ0) is 24.6. The number of sulfonamides is 1. The Kier molecular flexibility index (Phi) is 6.67. The van der Waals surface area contributed by atoms with E-state index in [-0.39, 0.29) is 36.5 Å². The Morgan fingerprint density at radius 2 is 1.71 bits per heavy atom. The van der Waals surface area contributed by atoms with Crippen molar-refractivity contribution >= 4 is 44.0 Å². The Hall–Kier alpha value is -2.72. The number of fused-ring (bicyclic) bond motifs is 1. The van der Waals surface area contributed by atoms with Crippen molar-refractivity contribution in [2.45, 2.75) is 30.7 Å². The molecule has 1 amide bonds. The second-order valence-electron chi connectivity index (χ2n) is 9.00. The van der Waals surface area contributed by atoms with Gasteiger partial charge >= 0.3 is 0 Å². The number of benzene rings is 2. The molecule has 1 aromatic heterocycles. The van der Waals surface area contributed by atoms with Crippen LogP contribution in [-0.4, -0.2) is 67.4 Å². The number of nitrogens with zero attached hydrogens (tertiary/aromatic N) is 5. The number of hydrogen-bond donors (Lipinski definition) is 0. The zero-order valence-electron chi connectivity index (χ0n) is 19.5. The quantitative estimate of drug-likeness (QED) is 0.524. The molecule has 0 saturated carbocycles. The third kappa shape index (κ3) is 5.13. The Morgan fingerprint density at radius 1 is 0.971 bits per heavy atom. The molecule has 5 rings (SSSR count). The maximum absolute atomic E-state index is 13.2. The van der Waals surface area contributed by atoms with Gasteiger partial charge in [-0.05, 0) is 66.9 Å². The first-order chi connectivity index (χ1) is 16.8. The van der Waals surface area contributed by atoms with Gasteiger partial charge in [0, 0.05) is 42.2 Å². The lowest BCUT2D eigenvalue weighted by atomic mass is 10.0. The van der Waals surface area contributed by atoms with Crippen LogP contribution in [0, 0.1) is 6.92 Å². The Labute approximate surface area is 210 Å². The summed E-state index contributed by atoms with van der Waals surface area (Å²) in [6, 6.07) is 14.4. The number of carbonyl (C=O) groups is 1. The molecule has 0 N–H and O–H groups in total. The second-order valence-corrected chi connectivity index (χ2v) is 11.4. The summed E-state index contributed by atoms with van der Waals surface area (Å²) >= 11 is 6.03. The predicted octanol–water partition coefficient (Wildman–Crippen LogP) is 3.22. The van der Waals surface area contributed by atoms with Gasteiger partial charge in [-0.25, -0.2) is 8.42 Å². The van der Waals surface area contributed by atoms with Crippen LogP contribution in [0.3, 0.4) is 0 Å². The van der Waals surface area contributed by atoms with Gasteiger partial charge in [-0.3, -0.25) is 14.8 Å². The van der Waals surface area contributed by atoms with Crippen molar-refractivity contribution in [3.8, 4) is 0 Å². The number of halogens is 1. The van der Waals surface area contributed by atoms with E-state index in [1.165, 1.54) is 9.31 Å². The smallest absolute Gasteiger partial charge is 0.253 e. The van der Waals surface area contributed by atoms with Gasteiger partial charge in [0.15, 0.2) is 0 Å². The van der Waals surface area contributed by atoms with Crippen molar-refractivity contribution < 1.29 is 13.2 Å². The number of aryl methyl sites for hydroxylation is 1. The van der Waals surface area contributed by atoms with Crippen LogP contribution in [0.25, 0.3) is 10.8 Å². The molecule has 2 aliphatic heterocycles. The molecule has 10 heteroatoms. The fourth-order valence-electron chi connectivity index (χ4n) is 4.64. The third-order valence-electron chi connectivity index (χ3n) is 6.58. The highest BCUT2D eigenvalue weighted by molar-refractivity contribution is 7.89. The molecule has 183 valence electrons. The van der Waals surface area contributed by atoms with Crippen LogP contribution in [0.2, 0.25) is 5.02 Å². The largest absolute Gasteiger partial charge is 0.371 e. The average molecular weight is 513 g/mol. The minimum Gasteiger partial charge on any atom is -0.371 e. The van der Waals surface area contributed by atoms with Gasteiger partial charge in [-0.2, -0.15) is 4.31 Å². The number of piperazine rings is 1. The van der Waals surface area contributed by atoms with Crippen LogP contribution in [0.4, 0.5) is 5.69 Å². The molecule has 0 bridgehead atoms. The molecule has 8 nitrogen and oxygen atoms in total. The number of piperidine rings is 1. The summed E-state index contributed by atoms with van der Waals surface area (Å²) in [4.78, 5) is 19.6. The molecular formula is C25H27ClN5O3S. The van der Waals surface area contributed by atoms with Crippen molar-refractivity contribution in [2.75, 3.05) is 37.6 Å². The molecule has 35 heavy (non-hydrogen) atoms. The Morgan fingerprint density at radius 3 is 2.46 bits per heavy atom. The van der Waals surface area contributed by atoms with Crippen LogP contribution in [0.15, 0.2) is 59.6 Å². The second kappa shape index (κ2) is 9.73. The van der Waals surface area contributed by atoms with E-state index in [1.807, 2.05) is 19.2 Å². The first-order valence-corrected chi connectivity index (χ1v) is 13.5. The van der Waals surface area contributed by atoms with Crippen molar-refractivity contribution in [3.63, 3.8) is 0 Å². The average Bonchev–Trinajstić information content (AvgIpc) is 2.85. The standard InChI is InChI=1S/C25H27ClN5O3S/c1-18-14-23(6-9-27-18)29-10-7-22(8-11-29)28-31-13-12-30(17-25(31)32)35(33,34)24-5-3-19-15-21(26)4-2-20(19)16-24/h2-6,9,14-16,22H,7-8,10-13,17H2,1H3. The fourth-order valence-corrected chi connectivity index (χ4v) is 6.23. The number of pyridine rings is 1. The van der Waals surface area contributed by atoms with Gasteiger partial charge in [0.1, 0.15) is 0 Å². The summed E-state index contributed by atoms with van der Waals surface area (Å²) in [7, 11) is -3.80. The van der Waals surface area contributed by atoms with E-state index < -0.39 is 10.0 Å². The topological polar surface area (TPSA) is 87.9 Å². The van der Waals surface area contributed by atoms with Crippen LogP contribution >= 0.6 is 11.6 Å². The van der Waals surface area contributed by atoms with Crippen molar-refractivity contribution in [3.05, 3.63) is 65.4 Å².